The van der Waals surface area contributed by atoms with E-state index in [-0.39, 0.29) is 0 Å². The first-order chi connectivity index (χ1) is 7.39. The summed E-state index contributed by atoms with van der Waals surface area (Å²) in [6.07, 6.45) is 8.82. The van der Waals surface area contributed by atoms with Gasteiger partial charge < -0.3 is 30.1 Å². The third kappa shape index (κ3) is 9.81. The SMILES string of the molecule is CCCCn1cc[n+](C)c1.C[CH2][Al-]([Cl])([Cl])[Cl]. The number of halogens is 3. The van der Waals surface area contributed by atoms with Crippen molar-refractivity contribution < 1.29 is 4.57 Å². The number of hydrogen-bond acceptors (Lipinski definition) is 0. The van der Waals surface area contributed by atoms with Crippen LogP contribution >= 0.6 is 30.1 Å². The van der Waals surface area contributed by atoms with Crippen LogP contribution in [0.3, 0.4) is 0 Å². The van der Waals surface area contributed by atoms with Crippen molar-refractivity contribution in [1.82, 2.24) is 4.57 Å². The number of unbranched alkanes of at least 4 members (excludes halogenated alkanes) is 1. The Morgan fingerprint density at radius 3 is 2.12 bits per heavy atom. The third-order valence-corrected chi connectivity index (χ3v) is 5.76. The molecule has 0 atom stereocenters. The van der Waals surface area contributed by atoms with E-state index in [0.717, 1.165) is 11.8 Å². The Balaban J connectivity index is 0.000000325. The summed E-state index contributed by atoms with van der Waals surface area (Å²) in [7, 11) is 15.8. The van der Waals surface area contributed by atoms with Crippen LogP contribution in [-0.2, 0) is 13.6 Å². The summed E-state index contributed by atoms with van der Waals surface area (Å²) in [5, 5.41) is 0.734. The molecule has 0 unspecified atom stereocenters. The molecule has 0 aromatic carbocycles. The zero-order valence-electron chi connectivity index (χ0n) is 10.2. The summed E-state index contributed by atoms with van der Waals surface area (Å²) in [6, 6.07) is 0. The van der Waals surface area contributed by atoms with Crippen molar-refractivity contribution in [3.8, 4) is 0 Å². The zero-order chi connectivity index (χ0) is 12.6. The Morgan fingerprint density at radius 1 is 1.25 bits per heavy atom. The molecule has 0 aliphatic heterocycles. The minimum atomic E-state index is -2.45. The highest BCUT2D eigenvalue weighted by molar-refractivity contribution is 7.64. The lowest BCUT2D eigenvalue weighted by Crippen LogP contribution is -2.23. The third-order valence-electron chi connectivity index (χ3n) is 2.06. The molecule has 6 heteroatoms. The molecule has 1 aromatic rings. The number of aromatic nitrogens is 2. The van der Waals surface area contributed by atoms with Gasteiger partial charge in [-0.05, 0) is 6.42 Å². The van der Waals surface area contributed by atoms with Crippen LogP contribution in [0.1, 0.15) is 26.7 Å². The average molecular weight is 302 g/mol. The predicted octanol–water partition coefficient (Wildman–Crippen LogP) is 3.77. The average Bonchev–Trinajstić information content (AvgIpc) is 2.61. The van der Waals surface area contributed by atoms with Gasteiger partial charge in [-0.2, -0.15) is 5.28 Å². The predicted molar refractivity (Wildman–Crippen MR) is 74.3 cm³/mol. The van der Waals surface area contributed by atoms with Crippen molar-refractivity contribution in [1.29, 1.82) is 0 Å². The molecule has 1 aromatic heterocycles. The molecule has 0 bridgehead atoms. The highest BCUT2D eigenvalue weighted by atomic mass is 35.8. The fourth-order valence-corrected chi connectivity index (χ4v) is 0.975. The summed E-state index contributed by atoms with van der Waals surface area (Å²) in [6.45, 7) is 5.25. The number of imidazole rings is 1. The van der Waals surface area contributed by atoms with Crippen molar-refractivity contribution >= 4 is 40.5 Å². The van der Waals surface area contributed by atoms with E-state index in [1.54, 1.807) is 0 Å². The molecule has 0 spiro atoms. The molecule has 0 saturated carbocycles. The molecular weight excluding hydrogens is 281 g/mol. The fourth-order valence-electron chi connectivity index (χ4n) is 0.975. The molecule has 2 nitrogen and oxygen atoms in total. The van der Waals surface area contributed by atoms with E-state index in [4.69, 9.17) is 30.1 Å². The van der Waals surface area contributed by atoms with Gasteiger partial charge in [0.05, 0.1) is 13.6 Å². The maximum Gasteiger partial charge on any atom is 0.452 e. The fraction of sp³-hybridized carbons (Fsp3) is 0.700. The first-order valence-electron chi connectivity index (χ1n) is 5.61. The Kier molecular flexibility index (Phi) is 9.00. The molecule has 0 aliphatic carbocycles. The molecule has 1 heterocycles. The number of aryl methyl sites for hydroxylation is 2. The largest absolute Gasteiger partial charge is 0.452 e. The highest BCUT2D eigenvalue weighted by Gasteiger charge is 2.16. The molecule has 0 N–H and O–H groups in total. The lowest BCUT2D eigenvalue weighted by molar-refractivity contribution is -0.671. The van der Waals surface area contributed by atoms with Gasteiger partial charge >= 0.3 is 10.3 Å². The van der Waals surface area contributed by atoms with E-state index in [9.17, 15) is 0 Å². The Hall–Kier alpha value is 0.612. The second-order valence-electron chi connectivity index (χ2n) is 3.79. The van der Waals surface area contributed by atoms with Gasteiger partial charge in [-0.3, -0.25) is 0 Å². The topological polar surface area (TPSA) is 8.81 Å². The van der Waals surface area contributed by atoms with Gasteiger partial charge in [0.1, 0.15) is 12.4 Å². The normalized spacial score (nSPS) is 10.9. The molecule has 0 amide bonds. The first-order valence-corrected chi connectivity index (χ1v) is 11.7. The lowest BCUT2D eigenvalue weighted by Gasteiger charge is -2.07. The molecule has 0 radical (unpaired) electrons. The lowest BCUT2D eigenvalue weighted by atomic mass is 10.3. The second-order valence-corrected chi connectivity index (χ2v) is 14.7. The molecule has 16 heavy (non-hydrogen) atoms. The summed E-state index contributed by atoms with van der Waals surface area (Å²) < 4.78 is 4.28. The van der Waals surface area contributed by atoms with E-state index >= 15 is 0 Å². The summed E-state index contributed by atoms with van der Waals surface area (Å²) in [5.41, 5.74) is 0. The maximum atomic E-state index is 5.42. The summed E-state index contributed by atoms with van der Waals surface area (Å²) >= 11 is 0. The van der Waals surface area contributed by atoms with E-state index < -0.39 is 10.3 Å². The smallest absolute Gasteiger partial charge is 0.407 e. The van der Waals surface area contributed by atoms with Crippen molar-refractivity contribution in [3.63, 3.8) is 0 Å². The van der Waals surface area contributed by atoms with Crippen LogP contribution in [0, 0.1) is 0 Å². The molecule has 0 fully saturated rings. The van der Waals surface area contributed by atoms with Crippen LogP contribution in [0.5, 0.6) is 0 Å². The highest BCUT2D eigenvalue weighted by Crippen LogP contribution is 2.23. The summed E-state index contributed by atoms with van der Waals surface area (Å²) in [5.74, 6) is 0. The Labute approximate surface area is 113 Å². The van der Waals surface area contributed by atoms with Crippen LogP contribution in [0.2, 0.25) is 5.28 Å². The zero-order valence-corrected chi connectivity index (χ0v) is 13.6. The minimum absolute atomic E-state index is 0.734. The van der Waals surface area contributed by atoms with Crippen LogP contribution < -0.4 is 4.57 Å². The second kappa shape index (κ2) is 8.67. The van der Waals surface area contributed by atoms with Gasteiger partial charge in [0.2, 0.25) is 6.33 Å². The van der Waals surface area contributed by atoms with Crippen LogP contribution in [0.15, 0.2) is 18.7 Å². The Bertz CT molecular complexity index is 284. The van der Waals surface area contributed by atoms with E-state index in [1.165, 1.54) is 12.8 Å². The van der Waals surface area contributed by atoms with E-state index in [1.807, 2.05) is 14.0 Å². The van der Waals surface area contributed by atoms with Crippen molar-refractivity contribution in [2.24, 2.45) is 7.05 Å². The monoisotopic (exact) mass is 300 g/mol. The standard InChI is InChI=1S/C8H15N2.C2H5.Al.3ClH/c1-3-4-5-10-7-6-9(2)8-10;1-2;;;;/h6-8H,3-5H2,1-2H3;1H2,2H3;;3*1H/q+1;;+2;;;/p-3. The molecule has 0 aliphatic rings. The quantitative estimate of drug-likeness (QED) is 0.591. The molecule has 1 rings (SSSR count). The van der Waals surface area contributed by atoms with Crippen LogP contribution in [0.25, 0.3) is 0 Å². The van der Waals surface area contributed by atoms with Crippen molar-refractivity contribution in [2.75, 3.05) is 0 Å². The number of hydrogen-bond donors (Lipinski definition) is 0. The first kappa shape index (κ1) is 16.6. The van der Waals surface area contributed by atoms with Gasteiger partial charge in [-0.25, -0.2) is 9.13 Å². The maximum absolute atomic E-state index is 5.42. The van der Waals surface area contributed by atoms with Gasteiger partial charge in [-0.1, -0.05) is 20.3 Å². The van der Waals surface area contributed by atoms with Crippen molar-refractivity contribution in [3.05, 3.63) is 18.7 Å². The Morgan fingerprint density at radius 2 is 1.81 bits per heavy atom. The summed E-state index contributed by atoms with van der Waals surface area (Å²) in [4.78, 5) is 0. The minimum Gasteiger partial charge on any atom is -0.407 e. The molecule has 0 saturated heterocycles. The van der Waals surface area contributed by atoms with Gasteiger partial charge in [0.15, 0.2) is 0 Å². The van der Waals surface area contributed by atoms with Gasteiger partial charge in [0.25, 0.3) is 0 Å². The number of rotatable bonds is 4. The molecular formula is C10H20AlCl3N2. The number of nitrogens with zero attached hydrogens (tertiary/aromatic N) is 2. The van der Waals surface area contributed by atoms with E-state index in [0.29, 0.717) is 0 Å². The van der Waals surface area contributed by atoms with Crippen LogP contribution in [-0.4, -0.2) is 14.9 Å². The van der Waals surface area contributed by atoms with Crippen molar-refractivity contribution in [2.45, 2.75) is 38.5 Å². The van der Waals surface area contributed by atoms with Gasteiger partial charge in [-0.15, -0.1) is 0 Å². The van der Waals surface area contributed by atoms with Crippen LogP contribution in [0.4, 0.5) is 0 Å². The van der Waals surface area contributed by atoms with Gasteiger partial charge in [0, 0.05) is 0 Å². The molecule has 94 valence electrons. The van der Waals surface area contributed by atoms with E-state index in [2.05, 4.69) is 34.8 Å².